The van der Waals surface area contributed by atoms with Crippen molar-refractivity contribution in [1.29, 1.82) is 5.26 Å². The van der Waals surface area contributed by atoms with Crippen LogP contribution in [-0.4, -0.2) is 21.1 Å². The number of nitrogen functional groups attached to an aromatic ring is 1. The lowest BCUT2D eigenvalue weighted by molar-refractivity contribution is 0.327. The lowest BCUT2D eigenvalue weighted by Crippen LogP contribution is -2.19. The van der Waals surface area contributed by atoms with E-state index in [2.05, 4.69) is 16.0 Å². The molecular weight excluding hydrogens is 414 g/mol. The highest BCUT2D eigenvalue weighted by Gasteiger charge is 2.20. The molecule has 0 radical (unpaired) electrons. The van der Waals surface area contributed by atoms with E-state index in [-0.39, 0.29) is 11.4 Å². The summed E-state index contributed by atoms with van der Waals surface area (Å²) in [5.74, 6) is 0.226. The molecular formula is C26H19N5O2. The van der Waals surface area contributed by atoms with Crippen molar-refractivity contribution in [2.75, 3.05) is 12.3 Å². The molecule has 33 heavy (non-hydrogen) atoms. The average molecular weight is 433 g/mol. The SMILES string of the molecule is CCOc1nc2nc3ccn(-c4ccccc4N)c(=O)c3cc2c(-c2ccccc2)c1C#N. The molecule has 3 aromatic heterocycles. The maximum absolute atomic E-state index is 13.5. The number of ether oxygens (including phenoxy) is 1. The van der Waals surface area contributed by atoms with Gasteiger partial charge in [0.1, 0.15) is 11.6 Å². The molecule has 3 heterocycles. The number of aromatic nitrogens is 3. The molecule has 0 atom stereocenters. The molecule has 2 N–H and O–H groups in total. The van der Waals surface area contributed by atoms with Crippen molar-refractivity contribution >= 4 is 27.6 Å². The minimum absolute atomic E-state index is 0.226. The van der Waals surface area contributed by atoms with Crippen LogP contribution < -0.4 is 16.0 Å². The van der Waals surface area contributed by atoms with E-state index in [9.17, 15) is 10.1 Å². The normalized spacial score (nSPS) is 10.9. The van der Waals surface area contributed by atoms with Crippen LogP contribution in [-0.2, 0) is 0 Å². The molecule has 0 aliphatic heterocycles. The maximum Gasteiger partial charge on any atom is 0.264 e. The summed E-state index contributed by atoms with van der Waals surface area (Å²) in [4.78, 5) is 22.6. The topological polar surface area (TPSA) is 107 Å². The van der Waals surface area contributed by atoms with Crippen LogP contribution in [0.15, 0.2) is 77.7 Å². The molecule has 2 aromatic carbocycles. The van der Waals surface area contributed by atoms with Crippen LogP contribution >= 0.6 is 0 Å². The van der Waals surface area contributed by atoms with Gasteiger partial charge in [0.2, 0.25) is 5.88 Å². The number of fused-ring (bicyclic) bond motifs is 2. The summed E-state index contributed by atoms with van der Waals surface area (Å²) < 4.78 is 7.17. The lowest BCUT2D eigenvalue weighted by Gasteiger charge is -2.14. The van der Waals surface area contributed by atoms with E-state index in [1.54, 1.807) is 30.5 Å². The Morgan fingerprint density at radius 2 is 1.79 bits per heavy atom. The Balaban J connectivity index is 1.89. The number of nitrogens with two attached hydrogens (primary N) is 1. The standard InChI is InChI=1S/C26H19N5O2/c1-2-33-25-19(15-27)23(16-8-4-3-5-9-16)18-14-17-21(29-24(18)30-25)12-13-31(26(17)32)22-11-7-6-10-20(22)28/h3-14H,2,28H2,1H3. The summed E-state index contributed by atoms with van der Waals surface area (Å²) in [7, 11) is 0. The molecule has 0 unspecified atom stereocenters. The molecule has 0 saturated carbocycles. The first-order valence-corrected chi connectivity index (χ1v) is 10.5. The summed E-state index contributed by atoms with van der Waals surface area (Å²) in [6.07, 6.45) is 1.65. The van der Waals surface area contributed by atoms with Gasteiger partial charge in [-0.3, -0.25) is 9.36 Å². The van der Waals surface area contributed by atoms with E-state index in [0.29, 0.717) is 51.0 Å². The number of benzene rings is 2. The first-order valence-electron chi connectivity index (χ1n) is 10.5. The monoisotopic (exact) mass is 433 g/mol. The zero-order chi connectivity index (χ0) is 22.9. The van der Waals surface area contributed by atoms with Crippen LogP contribution in [0.2, 0.25) is 0 Å². The van der Waals surface area contributed by atoms with Crippen molar-refractivity contribution < 1.29 is 4.74 Å². The fraction of sp³-hybridized carbons (Fsp3) is 0.0769. The van der Waals surface area contributed by atoms with E-state index in [1.165, 1.54) is 4.57 Å². The maximum atomic E-state index is 13.5. The van der Waals surface area contributed by atoms with Crippen LogP contribution in [0.3, 0.4) is 0 Å². The van der Waals surface area contributed by atoms with Crippen molar-refractivity contribution in [3.05, 3.63) is 88.8 Å². The van der Waals surface area contributed by atoms with Crippen LogP contribution in [0, 0.1) is 11.3 Å². The summed E-state index contributed by atoms with van der Waals surface area (Å²) in [6.45, 7) is 2.19. The number of nitrogens with zero attached hydrogens (tertiary/aromatic N) is 4. The third-order valence-electron chi connectivity index (χ3n) is 5.45. The zero-order valence-electron chi connectivity index (χ0n) is 17.8. The molecule has 7 nitrogen and oxygen atoms in total. The van der Waals surface area contributed by atoms with E-state index < -0.39 is 0 Å². The Labute approximate surface area is 189 Å². The predicted molar refractivity (Wildman–Crippen MR) is 128 cm³/mol. The van der Waals surface area contributed by atoms with Crippen molar-refractivity contribution in [3.8, 4) is 28.8 Å². The Kier molecular flexibility index (Phi) is 4.96. The first kappa shape index (κ1) is 20.2. The van der Waals surface area contributed by atoms with Gasteiger partial charge >= 0.3 is 0 Å². The number of rotatable bonds is 4. The van der Waals surface area contributed by atoms with Gasteiger partial charge in [0.25, 0.3) is 5.56 Å². The van der Waals surface area contributed by atoms with Gasteiger partial charge in [0.15, 0.2) is 5.65 Å². The van der Waals surface area contributed by atoms with E-state index in [0.717, 1.165) is 5.56 Å². The molecule has 0 amide bonds. The molecule has 0 bridgehead atoms. The van der Waals surface area contributed by atoms with Crippen LogP contribution in [0.4, 0.5) is 5.69 Å². The molecule has 0 fully saturated rings. The number of nitriles is 1. The molecule has 160 valence electrons. The second-order valence-corrected chi connectivity index (χ2v) is 7.42. The molecule has 7 heteroatoms. The second-order valence-electron chi connectivity index (χ2n) is 7.42. The minimum Gasteiger partial charge on any atom is -0.477 e. The van der Waals surface area contributed by atoms with Crippen molar-refractivity contribution in [2.45, 2.75) is 6.92 Å². The van der Waals surface area contributed by atoms with Gasteiger partial charge in [-0.15, -0.1) is 0 Å². The van der Waals surface area contributed by atoms with Crippen molar-refractivity contribution in [3.63, 3.8) is 0 Å². The van der Waals surface area contributed by atoms with E-state index in [1.807, 2.05) is 49.4 Å². The molecule has 0 aliphatic carbocycles. The number of para-hydroxylation sites is 2. The number of hydrogen-bond donors (Lipinski definition) is 1. The third-order valence-corrected chi connectivity index (χ3v) is 5.45. The summed E-state index contributed by atoms with van der Waals surface area (Å²) in [5.41, 5.74) is 9.58. The highest BCUT2D eigenvalue weighted by Crippen LogP contribution is 2.36. The Morgan fingerprint density at radius 1 is 1.03 bits per heavy atom. The van der Waals surface area contributed by atoms with Crippen LogP contribution in [0.5, 0.6) is 5.88 Å². The van der Waals surface area contributed by atoms with Gasteiger partial charge in [-0.25, -0.2) is 4.98 Å². The number of pyridine rings is 3. The van der Waals surface area contributed by atoms with Crippen molar-refractivity contribution in [2.24, 2.45) is 0 Å². The molecule has 5 aromatic rings. The lowest BCUT2D eigenvalue weighted by atomic mass is 9.97. The van der Waals surface area contributed by atoms with E-state index >= 15 is 0 Å². The summed E-state index contributed by atoms with van der Waals surface area (Å²) in [5, 5.41) is 11.0. The van der Waals surface area contributed by atoms with Gasteiger partial charge < -0.3 is 10.5 Å². The third kappa shape index (κ3) is 3.34. The molecule has 0 spiro atoms. The Bertz CT molecular complexity index is 1620. The number of hydrogen-bond acceptors (Lipinski definition) is 6. The van der Waals surface area contributed by atoms with Gasteiger partial charge in [0.05, 0.1) is 28.9 Å². The summed E-state index contributed by atoms with van der Waals surface area (Å²) >= 11 is 0. The minimum atomic E-state index is -0.258. The first-order chi connectivity index (χ1) is 16.1. The van der Waals surface area contributed by atoms with Crippen molar-refractivity contribution in [1.82, 2.24) is 14.5 Å². The summed E-state index contributed by atoms with van der Waals surface area (Å²) in [6, 6.07) is 22.4. The molecule has 0 aliphatic rings. The Hall–Kier alpha value is -4.70. The molecule has 0 saturated heterocycles. The quantitative estimate of drug-likeness (QED) is 0.331. The fourth-order valence-corrected chi connectivity index (χ4v) is 3.97. The van der Waals surface area contributed by atoms with Gasteiger partial charge in [0, 0.05) is 17.1 Å². The van der Waals surface area contributed by atoms with Gasteiger partial charge in [-0.05, 0) is 36.8 Å². The highest BCUT2D eigenvalue weighted by molar-refractivity contribution is 6.02. The predicted octanol–water partition coefficient (Wildman–Crippen LogP) is 4.45. The highest BCUT2D eigenvalue weighted by atomic mass is 16.5. The number of anilines is 1. The fourth-order valence-electron chi connectivity index (χ4n) is 3.97. The average Bonchev–Trinajstić information content (AvgIpc) is 2.84. The van der Waals surface area contributed by atoms with Crippen LogP contribution in [0.1, 0.15) is 12.5 Å². The van der Waals surface area contributed by atoms with Crippen LogP contribution in [0.25, 0.3) is 38.8 Å². The van der Waals surface area contributed by atoms with Gasteiger partial charge in [-0.1, -0.05) is 42.5 Å². The largest absolute Gasteiger partial charge is 0.477 e. The Morgan fingerprint density at radius 3 is 2.52 bits per heavy atom. The second kappa shape index (κ2) is 8.09. The smallest absolute Gasteiger partial charge is 0.264 e. The zero-order valence-corrected chi connectivity index (χ0v) is 17.8. The van der Waals surface area contributed by atoms with Gasteiger partial charge in [-0.2, -0.15) is 10.2 Å². The van der Waals surface area contributed by atoms with E-state index in [4.69, 9.17) is 10.5 Å². The molecule has 5 rings (SSSR count).